The molecule has 1 aliphatic heterocycles. The first-order valence-corrected chi connectivity index (χ1v) is 6.20. The molecule has 0 amide bonds. The zero-order valence-electron chi connectivity index (χ0n) is 10.3. The minimum atomic E-state index is 0.718. The van der Waals surface area contributed by atoms with E-state index in [4.69, 9.17) is 5.26 Å². The van der Waals surface area contributed by atoms with Gasteiger partial charge in [-0.2, -0.15) is 5.26 Å². The number of nitriles is 1. The number of nitrogens with one attached hydrogen (secondary N) is 1. The Morgan fingerprint density at radius 2 is 2.41 bits per heavy atom. The Morgan fingerprint density at radius 3 is 3.18 bits per heavy atom. The highest BCUT2D eigenvalue weighted by molar-refractivity contribution is 5.49. The van der Waals surface area contributed by atoms with Crippen molar-refractivity contribution in [3.05, 3.63) is 29.8 Å². The van der Waals surface area contributed by atoms with E-state index in [9.17, 15) is 0 Å². The van der Waals surface area contributed by atoms with Gasteiger partial charge in [0.05, 0.1) is 11.6 Å². The Hall–Kier alpha value is -1.53. The summed E-state index contributed by atoms with van der Waals surface area (Å²) in [5, 5.41) is 12.3. The van der Waals surface area contributed by atoms with Crippen LogP contribution in [0.1, 0.15) is 18.4 Å². The average molecular weight is 229 g/mol. The van der Waals surface area contributed by atoms with E-state index < -0.39 is 0 Å². The molecule has 17 heavy (non-hydrogen) atoms. The molecule has 2 rings (SSSR count). The highest BCUT2D eigenvalue weighted by Gasteiger charge is 2.16. The number of hydrogen-bond acceptors (Lipinski definition) is 3. The first-order chi connectivity index (χ1) is 8.28. The molecule has 3 nitrogen and oxygen atoms in total. The van der Waals surface area contributed by atoms with Crippen LogP contribution in [-0.2, 0) is 0 Å². The largest absolute Gasteiger partial charge is 0.385 e. The molecule has 1 aliphatic rings. The number of benzene rings is 1. The van der Waals surface area contributed by atoms with Crippen LogP contribution in [0.5, 0.6) is 0 Å². The maximum absolute atomic E-state index is 8.83. The van der Waals surface area contributed by atoms with Crippen molar-refractivity contribution in [2.24, 2.45) is 5.92 Å². The monoisotopic (exact) mass is 229 g/mol. The summed E-state index contributed by atoms with van der Waals surface area (Å²) in [7, 11) is 2.18. The Bertz CT molecular complexity index is 408. The molecule has 1 aromatic carbocycles. The Labute approximate surface area is 103 Å². The van der Waals surface area contributed by atoms with E-state index in [1.165, 1.54) is 25.9 Å². The van der Waals surface area contributed by atoms with Gasteiger partial charge in [-0.05, 0) is 50.6 Å². The summed E-state index contributed by atoms with van der Waals surface area (Å²) < 4.78 is 0. The van der Waals surface area contributed by atoms with Gasteiger partial charge in [0.25, 0.3) is 0 Å². The molecule has 0 bridgehead atoms. The van der Waals surface area contributed by atoms with Gasteiger partial charge in [-0.25, -0.2) is 0 Å². The first kappa shape index (κ1) is 11.9. The van der Waals surface area contributed by atoms with Crippen LogP contribution >= 0.6 is 0 Å². The highest BCUT2D eigenvalue weighted by atomic mass is 15.1. The fourth-order valence-electron chi connectivity index (χ4n) is 2.40. The lowest BCUT2D eigenvalue weighted by molar-refractivity contribution is 0.217. The van der Waals surface area contributed by atoms with Gasteiger partial charge in [0, 0.05) is 18.8 Å². The van der Waals surface area contributed by atoms with Crippen LogP contribution < -0.4 is 5.32 Å². The van der Waals surface area contributed by atoms with Crippen molar-refractivity contribution in [1.29, 1.82) is 5.26 Å². The van der Waals surface area contributed by atoms with Crippen LogP contribution in [0.25, 0.3) is 0 Å². The molecule has 1 atom stereocenters. The van der Waals surface area contributed by atoms with Gasteiger partial charge in [-0.3, -0.25) is 0 Å². The van der Waals surface area contributed by atoms with Crippen LogP contribution in [0.3, 0.4) is 0 Å². The number of piperidine rings is 1. The molecular weight excluding hydrogens is 210 g/mol. The molecule has 0 aromatic heterocycles. The number of hydrogen-bond donors (Lipinski definition) is 1. The summed E-state index contributed by atoms with van der Waals surface area (Å²) in [5.41, 5.74) is 1.77. The van der Waals surface area contributed by atoms with Crippen molar-refractivity contribution >= 4 is 5.69 Å². The Morgan fingerprint density at radius 1 is 1.53 bits per heavy atom. The second-order valence-electron chi connectivity index (χ2n) is 4.84. The van der Waals surface area contributed by atoms with E-state index in [0.717, 1.165) is 23.7 Å². The van der Waals surface area contributed by atoms with Crippen molar-refractivity contribution in [2.45, 2.75) is 12.8 Å². The summed E-state index contributed by atoms with van der Waals surface area (Å²) in [5.74, 6) is 0.722. The first-order valence-electron chi connectivity index (χ1n) is 6.20. The van der Waals surface area contributed by atoms with Crippen molar-refractivity contribution < 1.29 is 0 Å². The highest BCUT2D eigenvalue weighted by Crippen LogP contribution is 2.17. The molecule has 1 unspecified atom stereocenters. The van der Waals surface area contributed by atoms with Crippen LogP contribution in [-0.4, -0.2) is 31.6 Å². The minimum Gasteiger partial charge on any atom is -0.385 e. The number of nitrogens with zero attached hydrogens (tertiary/aromatic N) is 2. The summed E-state index contributed by atoms with van der Waals surface area (Å²) in [4.78, 5) is 2.39. The van der Waals surface area contributed by atoms with Gasteiger partial charge in [0.1, 0.15) is 0 Å². The van der Waals surface area contributed by atoms with Crippen molar-refractivity contribution in [2.75, 3.05) is 32.0 Å². The van der Waals surface area contributed by atoms with E-state index in [-0.39, 0.29) is 0 Å². The lowest BCUT2D eigenvalue weighted by Crippen LogP contribution is -2.35. The molecule has 0 radical (unpaired) electrons. The fourth-order valence-corrected chi connectivity index (χ4v) is 2.40. The smallest absolute Gasteiger partial charge is 0.0992 e. The zero-order chi connectivity index (χ0) is 12.1. The second kappa shape index (κ2) is 5.70. The van der Waals surface area contributed by atoms with Crippen molar-refractivity contribution in [3.8, 4) is 6.07 Å². The van der Waals surface area contributed by atoms with Crippen LogP contribution in [0.2, 0.25) is 0 Å². The molecule has 1 saturated heterocycles. The predicted octanol–water partition coefficient (Wildman–Crippen LogP) is 2.31. The molecule has 90 valence electrons. The summed E-state index contributed by atoms with van der Waals surface area (Å²) in [6, 6.07) is 9.85. The zero-order valence-corrected chi connectivity index (χ0v) is 10.3. The topological polar surface area (TPSA) is 39.1 Å². The van der Waals surface area contributed by atoms with E-state index in [2.05, 4.69) is 23.3 Å². The minimum absolute atomic E-state index is 0.718. The Kier molecular flexibility index (Phi) is 4.00. The Balaban J connectivity index is 1.87. The van der Waals surface area contributed by atoms with Crippen molar-refractivity contribution in [3.63, 3.8) is 0 Å². The maximum atomic E-state index is 8.83. The maximum Gasteiger partial charge on any atom is 0.0992 e. The van der Waals surface area contributed by atoms with Gasteiger partial charge in [0.2, 0.25) is 0 Å². The molecule has 1 aromatic rings. The van der Waals surface area contributed by atoms with E-state index in [1.54, 1.807) is 0 Å². The molecular formula is C14H19N3. The van der Waals surface area contributed by atoms with Crippen LogP contribution in [0.4, 0.5) is 5.69 Å². The summed E-state index contributed by atoms with van der Waals surface area (Å²) in [6.45, 7) is 3.39. The molecule has 3 heteroatoms. The van der Waals surface area contributed by atoms with E-state index in [1.807, 2.05) is 24.3 Å². The predicted molar refractivity (Wildman–Crippen MR) is 69.9 cm³/mol. The van der Waals surface area contributed by atoms with Crippen LogP contribution in [0.15, 0.2) is 24.3 Å². The van der Waals surface area contributed by atoms with E-state index >= 15 is 0 Å². The van der Waals surface area contributed by atoms with Gasteiger partial charge in [-0.1, -0.05) is 6.07 Å². The van der Waals surface area contributed by atoms with Crippen molar-refractivity contribution in [1.82, 2.24) is 4.90 Å². The second-order valence-corrected chi connectivity index (χ2v) is 4.84. The number of likely N-dealkylation sites (tertiary alicyclic amines) is 1. The van der Waals surface area contributed by atoms with Gasteiger partial charge in [0.15, 0.2) is 0 Å². The molecule has 0 aliphatic carbocycles. The normalized spacial score (nSPS) is 20.8. The third-order valence-electron chi connectivity index (χ3n) is 3.31. The quantitative estimate of drug-likeness (QED) is 0.864. The SMILES string of the molecule is CN1CCCC(CNc2cccc(C#N)c2)C1. The summed E-state index contributed by atoms with van der Waals surface area (Å²) in [6.07, 6.45) is 2.59. The number of rotatable bonds is 3. The molecule has 1 fully saturated rings. The lowest BCUT2D eigenvalue weighted by Gasteiger charge is -2.29. The number of anilines is 1. The molecule has 0 spiro atoms. The molecule has 0 saturated carbocycles. The van der Waals surface area contributed by atoms with E-state index in [0.29, 0.717) is 0 Å². The average Bonchev–Trinajstić information content (AvgIpc) is 2.37. The third-order valence-corrected chi connectivity index (χ3v) is 3.31. The standard InChI is InChI=1S/C14H19N3/c1-17-7-3-5-13(11-17)10-16-14-6-2-4-12(8-14)9-15/h2,4,6,8,13,16H,3,5,7,10-11H2,1H3. The lowest BCUT2D eigenvalue weighted by atomic mass is 9.98. The summed E-state index contributed by atoms with van der Waals surface area (Å²) >= 11 is 0. The molecule has 1 N–H and O–H groups in total. The fraction of sp³-hybridized carbons (Fsp3) is 0.500. The van der Waals surface area contributed by atoms with Gasteiger partial charge in [-0.15, -0.1) is 0 Å². The molecule has 1 heterocycles. The van der Waals surface area contributed by atoms with Gasteiger partial charge >= 0.3 is 0 Å². The third kappa shape index (κ3) is 3.47. The van der Waals surface area contributed by atoms with Crippen LogP contribution in [0, 0.1) is 17.2 Å². The van der Waals surface area contributed by atoms with Gasteiger partial charge < -0.3 is 10.2 Å².